The summed E-state index contributed by atoms with van der Waals surface area (Å²) >= 11 is 0. The van der Waals surface area contributed by atoms with Crippen LogP contribution in [0.25, 0.3) is 17.0 Å². The number of carbonyl (C=O) groups is 2. The van der Waals surface area contributed by atoms with E-state index in [0.717, 1.165) is 27.6 Å². The molecule has 5 heteroatoms. The van der Waals surface area contributed by atoms with Gasteiger partial charge in [0.2, 0.25) is 0 Å². The first-order valence-corrected chi connectivity index (χ1v) is 9.04. The minimum absolute atomic E-state index is 0.373. The number of rotatable bonds is 5. The Morgan fingerprint density at radius 1 is 1.11 bits per heavy atom. The highest BCUT2D eigenvalue weighted by atomic mass is 16.5. The Kier molecular flexibility index (Phi) is 5.84. The van der Waals surface area contributed by atoms with Crippen LogP contribution >= 0.6 is 0 Å². The molecule has 1 unspecified atom stereocenters. The molecular formula is C23H22N2O3. The van der Waals surface area contributed by atoms with Gasteiger partial charge in [0.05, 0.1) is 5.52 Å². The van der Waals surface area contributed by atoms with Crippen molar-refractivity contribution in [1.82, 2.24) is 4.98 Å². The maximum absolute atomic E-state index is 12.3. The first-order valence-electron chi connectivity index (χ1n) is 9.04. The summed E-state index contributed by atoms with van der Waals surface area (Å²) < 4.78 is 5.23. The Labute approximate surface area is 164 Å². The Bertz CT molecular complexity index is 1050. The van der Waals surface area contributed by atoms with Crippen LogP contribution in [0.15, 0.2) is 60.8 Å². The standard InChI is InChI=1S/C23H22N2O3/c1-15-9-10-16(2)20(14-15)25-23(27)17(3)28-21(26)12-11-19-7-4-6-18-8-5-13-24-22(18)19/h4-14,17H,1-3H3,(H,25,27)/b12-11+. The summed E-state index contributed by atoms with van der Waals surface area (Å²) in [6.07, 6.45) is 3.75. The van der Waals surface area contributed by atoms with Gasteiger partial charge < -0.3 is 10.1 Å². The van der Waals surface area contributed by atoms with E-state index in [4.69, 9.17) is 4.74 Å². The number of pyridine rings is 1. The predicted molar refractivity (Wildman–Crippen MR) is 111 cm³/mol. The second-order valence-electron chi connectivity index (χ2n) is 6.64. The molecule has 0 fully saturated rings. The smallest absolute Gasteiger partial charge is 0.331 e. The van der Waals surface area contributed by atoms with Gasteiger partial charge in [-0.1, -0.05) is 36.4 Å². The van der Waals surface area contributed by atoms with Crippen LogP contribution in [0, 0.1) is 13.8 Å². The second-order valence-corrected chi connectivity index (χ2v) is 6.64. The van der Waals surface area contributed by atoms with Crippen LogP contribution in [0.4, 0.5) is 5.69 Å². The zero-order valence-electron chi connectivity index (χ0n) is 16.1. The van der Waals surface area contributed by atoms with E-state index in [-0.39, 0.29) is 5.91 Å². The van der Waals surface area contributed by atoms with E-state index in [9.17, 15) is 9.59 Å². The van der Waals surface area contributed by atoms with Crippen molar-refractivity contribution in [2.24, 2.45) is 0 Å². The summed E-state index contributed by atoms with van der Waals surface area (Å²) in [5.74, 6) is -0.959. The molecule has 2 aromatic carbocycles. The van der Waals surface area contributed by atoms with Gasteiger partial charge in [-0.15, -0.1) is 0 Å². The third kappa shape index (κ3) is 4.62. The summed E-state index contributed by atoms with van der Waals surface area (Å²) in [5, 5.41) is 3.79. The molecule has 0 aliphatic carbocycles. The topological polar surface area (TPSA) is 68.3 Å². The molecule has 3 aromatic rings. The van der Waals surface area contributed by atoms with Gasteiger partial charge >= 0.3 is 5.97 Å². The number of aromatic nitrogens is 1. The highest BCUT2D eigenvalue weighted by molar-refractivity contribution is 5.98. The van der Waals surface area contributed by atoms with E-state index >= 15 is 0 Å². The van der Waals surface area contributed by atoms with Gasteiger partial charge in [0.1, 0.15) is 0 Å². The molecule has 5 nitrogen and oxygen atoms in total. The average molecular weight is 374 g/mol. The van der Waals surface area contributed by atoms with Crippen molar-refractivity contribution in [3.8, 4) is 0 Å². The lowest BCUT2D eigenvalue weighted by Crippen LogP contribution is -2.29. The molecule has 1 amide bonds. The number of ether oxygens (including phenoxy) is 1. The van der Waals surface area contributed by atoms with Crippen LogP contribution in [0.3, 0.4) is 0 Å². The number of carbonyl (C=O) groups excluding carboxylic acids is 2. The molecule has 0 spiro atoms. The monoisotopic (exact) mass is 374 g/mol. The maximum atomic E-state index is 12.3. The maximum Gasteiger partial charge on any atom is 0.331 e. The first-order chi connectivity index (χ1) is 13.4. The number of hydrogen-bond acceptors (Lipinski definition) is 4. The number of hydrogen-bond donors (Lipinski definition) is 1. The van der Waals surface area contributed by atoms with Crippen molar-refractivity contribution in [3.05, 3.63) is 77.5 Å². The Hall–Kier alpha value is -3.47. The lowest BCUT2D eigenvalue weighted by atomic mass is 10.1. The molecule has 1 heterocycles. The first kappa shape index (κ1) is 19.3. The fraction of sp³-hybridized carbons (Fsp3) is 0.174. The van der Waals surface area contributed by atoms with Crippen LogP contribution in [0.5, 0.6) is 0 Å². The molecule has 0 aliphatic rings. The summed E-state index contributed by atoms with van der Waals surface area (Å²) in [6.45, 7) is 5.41. The fourth-order valence-electron chi connectivity index (χ4n) is 2.79. The second kappa shape index (κ2) is 8.48. The molecule has 28 heavy (non-hydrogen) atoms. The summed E-state index contributed by atoms with van der Waals surface area (Å²) in [7, 11) is 0. The number of esters is 1. The number of nitrogens with one attached hydrogen (secondary N) is 1. The van der Waals surface area contributed by atoms with E-state index in [2.05, 4.69) is 10.3 Å². The van der Waals surface area contributed by atoms with Gasteiger partial charge in [0.15, 0.2) is 6.10 Å². The van der Waals surface area contributed by atoms with Crippen molar-refractivity contribution >= 4 is 34.5 Å². The van der Waals surface area contributed by atoms with E-state index in [0.29, 0.717) is 5.69 Å². The summed E-state index contributed by atoms with van der Waals surface area (Å²) in [4.78, 5) is 28.8. The normalized spacial score (nSPS) is 12.1. The fourth-order valence-corrected chi connectivity index (χ4v) is 2.79. The molecule has 1 N–H and O–H groups in total. The Morgan fingerprint density at radius 2 is 1.89 bits per heavy atom. The molecule has 0 aliphatic heterocycles. The zero-order valence-corrected chi connectivity index (χ0v) is 16.1. The van der Waals surface area contributed by atoms with Gasteiger partial charge in [-0.25, -0.2) is 4.79 Å². The van der Waals surface area contributed by atoms with E-state index in [1.54, 1.807) is 19.2 Å². The number of nitrogens with zero attached hydrogens (tertiary/aromatic N) is 1. The van der Waals surface area contributed by atoms with Crippen molar-refractivity contribution in [2.45, 2.75) is 26.9 Å². The lowest BCUT2D eigenvalue weighted by Gasteiger charge is -2.14. The highest BCUT2D eigenvalue weighted by Crippen LogP contribution is 2.18. The molecule has 0 bridgehead atoms. The van der Waals surface area contributed by atoms with E-state index in [1.807, 2.05) is 62.4 Å². The third-order valence-corrected chi connectivity index (χ3v) is 4.38. The molecule has 3 rings (SSSR count). The molecule has 0 saturated carbocycles. The van der Waals surface area contributed by atoms with Crippen LogP contribution < -0.4 is 5.32 Å². The molecule has 142 valence electrons. The number of amides is 1. The third-order valence-electron chi connectivity index (χ3n) is 4.38. The number of anilines is 1. The quantitative estimate of drug-likeness (QED) is 0.530. The van der Waals surface area contributed by atoms with Gasteiger partial charge in [0, 0.05) is 28.9 Å². The van der Waals surface area contributed by atoms with E-state index < -0.39 is 12.1 Å². The highest BCUT2D eigenvalue weighted by Gasteiger charge is 2.17. The Balaban J connectivity index is 1.64. The average Bonchev–Trinajstić information content (AvgIpc) is 2.69. The van der Waals surface area contributed by atoms with Gasteiger partial charge in [0.25, 0.3) is 5.91 Å². The van der Waals surface area contributed by atoms with Crippen LogP contribution in [-0.2, 0) is 14.3 Å². The number of para-hydroxylation sites is 1. The Morgan fingerprint density at radius 3 is 2.71 bits per heavy atom. The summed E-state index contributed by atoms with van der Waals surface area (Å²) in [6, 6.07) is 15.3. The summed E-state index contributed by atoms with van der Waals surface area (Å²) in [5.41, 5.74) is 4.31. The minimum atomic E-state index is -0.914. The molecule has 0 radical (unpaired) electrons. The van der Waals surface area contributed by atoms with Crippen molar-refractivity contribution < 1.29 is 14.3 Å². The minimum Gasteiger partial charge on any atom is -0.449 e. The molecule has 0 saturated heterocycles. The predicted octanol–water partition coefficient (Wildman–Crippen LogP) is 4.44. The largest absolute Gasteiger partial charge is 0.449 e. The molecule has 1 atom stereocenters. The van der Waals surface area contributed by atoms with Crippen molar-refractivity contribution in [3.63, 3.8) is 0 Å². The number of fused-ring (bicyclic) bond motifs is 1. The molecular weight excluding hydrogens is 352 g/mol. The zero-order chi connectivity index (χ0) is 20.1. The van der Waals surface area contributed by atoms with E-state index in [1.165, 1.54) is 6.08 Å². The van der Waals surface area contributed by atoms with Crippen LogP contribution in [0.2, 0.25) is 0 Å². The number of aryl methyl sites for hydroxylation is 2. The lowest BCUT2D eigenvalue weighted by molar-refractivity contribution is -0.148. The van der Waals surface area contributed by atoms with Gasteiger partial charge in [-0.2, -0.15) is 0 Å². The molecule has 1 aromatic heterocycles. The van der Waals surface area contributed by atoms with Crippen molar-refractivity contribution in [1.29, 1.82) is 0 Å². The SMILES string of the molecule is Cc1ccc(C)c(NC(=O)C(C)OC(=O)/C=C/c2cccc3cccnc23)c1. The van der Waals surface area contributed by atoms with Crippen LogP contribution in [-0.4, -0.2) is 23.0 Å². The number of benzene rings is 2. The van der Waals surface area contributed by atoms with Gasteiger partial charge in [-0.3, -0.25) is 9.78 Å². The van der Waals surface area contributed by atoms with Crippen LogP contribution in [0.1, 0.15) is 23.6 Å². The van der Waals surface area contributed by atoms with Gasteiger partial charge in [-0.05, 0) is 50.1 Å². The van der Waals surface area contributed by atoms with Crippen molar-refractivity contribution in [2.75, 3.05) is 5.32 Å².